The van der Waals surface area contributed by atoms with Crippen LogP contribution in [0.5, 0.6) is 0 Å². The molecule has 3 heteroatoms. The number of nitrogens with one attached hydrogen (secondary N) is 1. The first kappa shape index (κ1) is 13.5. The molecule has 1 saturated carbocycles. The maximum absolute atomic E-state index is 13.6. The molecule has 100 valence electrons. The normalized spacial score (nSPS) is 19.5. The molecule has 0 spiro atoms. The van der Waals surface area contributed by atoms with E-state index in [0.717, 1.165) is 18.9 Å². The standard InChI is InChI=1S/C15H21F2N/c1-11(14-10-12(16)8-9-15(14)17)18-13-6-4-2-3-5-7-13/h8-11,13,18H,2-7H2,1H3. The fraction of sp³-hybridized carbons (Fsp3) is 0.600. The van der Waals surface area contributed by atoms with Crippen molar-refractivity contribution in [1.29, 1.82) is 0 Å². The highest BCUT2D eigenvalue weighted by Crippen LogP contribution is 2.23. The molecule has 0 aromatic heterocycles. The van der Waals surface area contributed by atoms with Crippen molar-refractivity contribution in [2.24, 2.45) is 0 Å². The first-order valence-corrected chi connectivity index (χ1v) is 6.88. The van der Waals surface area contributed by atoms with Crippen molar-refractivity contribution < 1.29 is 8.78 Å². The molecule has 0 saturated heterocycles. The molecule has 0 bridgehead atoms. The minimum atomic E-state index is -0.374. The fourth-order valence-electron chi connectivity index (χ4n) is 2.74. The molecule has 1 aliphatic carbocycles. The highest BCUT2D eigenvalue weighted by molar-refractivity contribution is 5.21. The van der Waals surface area contributed by atoms with Gasteiger partial charge in [0, 0.05) is 17.6 Å². The lowest BCUT2D eigenvalue weighted by Gasteiger charge is -2.22. The molecule has 1 unspecified atom stereocenters. The second kappa shape index (κ2) is 6.28. The van der Waals surface area contributed by atoms with Gasteiger partial charge in [0.05, 0.1) is 0 Å². The second-order valence-corrected chi connectivity index (χ2v) is 5.24. The molecule has 1 aliphatic rings. The molecule has 1 fully saturated rings. The van der Waals surface area contributed by atoms with Gasteiger partial charge in [-0.1, -0.05) is 25.7 Å². The zero-order valence-electron chi connectivity index (χ0n) is 10.9. The van der Waals surface area contributed by atoms with E-state index in [-0.39, 0.29) is 17.7 Å². The third-order valence-corrected chi connectivity index (χ3v) is 3.77. The van der Waals surface area contributed by atoms with Gasteiger partial charge in [0.15, 0.2) is 0 Å². The zero-order chi connectivity index (χ0) is 13.0. The Bertz CT molecular complexity index is 384. The van der Waals surface area contributed by atoms with E-state index in [1.54, 1.807) is 0 Å². The van der Waals surface area contributed by atoms with Gasteiger partial charge in [-0.15, -0.1) is 0 Å². The van der Waals surface area contributed by atoms with E-state index in [1.807, 2.05) is 6.92 Å². The lowest BCUT2D eigenvalue weighted by molar-refractivity contribution is 0.404. The quantitative estimate of drug-likeness (QED) is 0.790. The van der Waals surface area contributed by atoms with Crippen LogP contribution in [-0.4, -0.2) is 6.04 Å². The van der Waals surface area contributed by atoms with Gasteiger partial charge in [0.1, 0.15) is 11.6 Å². The van der Waals surface area contributed by atoms with Crippen LogP contribution in [0.3, 0.4) is 0 Å². The smallest absolute Gasteiger partial charge is 0.128 e. The highest BCUT2D eigenvalue weighted by Gasteiger charge is 2.17. The van der Waals surface area contributed by atoms with Crippen molar-refractivity contribution >= 4 is 0 Å². The molecule has 1 aromatic rings. The van der Waals surface area contributed by atoms with Crippen molar-refractivity contribution in [2.75, 3.05) is 0 Å². The Balaban J connectivity index is 2.01. The minimum Gasteiger partial charge on any atom is -0.307 e. The zero-order valence-corrected chi connectivity index (χ0v) is 10.9. The average Bonchev–Trinajstić information content (AvgIpc) is 2.61. The summed E-state index contributed by atoms with van der Waals surface area (Å²) in [4.78, 5) is 0. The van der Waals surface area contributed by atoms with Gasteiger partial charge >= 0.3 is 0 Å². The summed E-state index contributed by atoms with van der Waals surface area (Å²) in [6, 6.07) is 3.96. The molecule has 0 heterocycles. The van der Waals surface area contributed by atoms with Gasteiger partial charge in [-0.3, -0.25) is 0 Å². The van der Waals surface area contributed by atoms with Gasteiger partial charge in [-0.05, 0) is 38.0 Å². The summed E-state index contributed by atoms with van der Waals surface area (Å²) in [6.07, 6.45) is 7.33. The molecule has 0 radical (unpaired) electrons. The summed E-state index contributed by atoms with van der Waals surface area (Å²) in [7, 11) is 0. The van der Waals surface area contributed by atoms with Crippen LogP contribution in [0.1, 0.15) is 57.1 Å². The summed E-state index contributed by atoms with van der Waals surface area (Å²) >= 11 is 0. The van der Waals surface area contributed by atoms with Crippen molar-refractivity contribution in [3.63, 3.8) is 0 Å². The number of hydrogen-bond donors (Lipinski definition) is 1. The van der Waals surface area contributed by atoms with Gasteiger partial charge in [0.2, 0.25) is 0 Å². The summed E-state index contributed by atoms with van der Waals surface area (Å²) in [5, 5.41) is 3.44. The Hall–Kier alpha value is -0.960. The van der Waals surface area contributed by atoms with E-state index < -0.39 is 0 Å². The Morgan fingerprint density at radius 3 is 2.44 bits per heavy atom. The molecule has 1 aromatic carbocycles. The van der Waals surface area contributed by atoms with E-state index in [2.05, 4.69) is 5.32 Å². The maximum Gasteiger partial charge on any atom is 0.128 e. The lowest BCUT2D eigenvalue weighted by atomic mass is 10.0. The van der Waals surface area contributed by atoms with E-state index in [4.69, 9.17) is 0 Å². The average molecular weight is 253 g/mol. The topological polar surface area (TPSA) is 12.0 Å². The number of hydrogen-bond acceptors (Lipinski definition) is 1. The Morgan fingerprint density at radius 2 is 1.78 bits per heavy atom. The molecular formula is C15H21F2N. The minimum absolute atomic E-state index is 0.135. The summed E-state index contributed by atoms with van der Waals surface area (Å²) < 4.78 is 26.8. The van der Waals surface area contributed by atoms with Crippen LogP contribution in [0.4, 0.5) is 8.78 Å². The van der Waals surface area contributed by atoms with Crippen molar-refractivity contribution in [3.8, 4) is 0 Å². The Morgan fingerprint density at radius 1 is 1.11 bits per heavy atom. The van der Waals surface area contributed by atoms with Crippen LogP contribution in [-0.2, 0) is 0 Å². The fourth-order valence-corrected chi connectivity index (χ4v) is 2.74. The molecule has 0 amide bonds. The monoisotopic (exact) mass is 253 g/mol. The van der Waals surface area contributed by atoms with Crippen LogP contribution in [0.2, 0.25) is 0 Å². The van der Waals surface area contributed by atoms with Gasteiger partial charge < -0.3 is 5.32 Å². The van der Waals surface area contributed by atoms with E-state index in [9.17, 15) is 8.78 Å². The predicted octanol–water partition coefficient (Wildman–Crippen LogP) is 4.34. The van der Waals surface area contributed by atoms with Crippen molar-refractivity contribution in [3.05, 3.63) is 35.4 Å². The van der Waals surface area contributed by atoms with E-state index in [0.29, 0.717) is 11.6 Å². The van der Waals surface area contributed by atoms with E-state index >= 15 is 0 Å². The van der Waals surface area contributed by atoms with Gasteiger partial charge in [-0.25, -0.2) is 8.78 Å². The van der Waals surface area contributed by atoms with Crippen molar-refractivity contribution in [2.45, 2.75) is 57.5 Å². The van der Waals surface area contributed by atoms with Crippen LogP contribution >= 0.6 is 0 Å². The molecule has 2 rings (SSSR count). The SMILES string of the molecule is CC(NC1CCCCCC1)c1cc(F)ccc1F. The molecule has 1 nitrogen and oxygen atoms in total. The number of rotatable bonds is 3. The van der Waals surface area contributed by atoms with Crippen LogP contribution in [0, 0.1) is 11.6 Å². The van der Waals surface area contributed by atoms with E-state index in [1.165, 1.54) is 37.8 Å². The molecule has 0 aliphatic heterocycles. The van der Waals surface area contributed by atoms with Gasteiger partial charge in [-0.2, -0.15) is 0 Å². The molecule has 1 N–H and O–H groups in total. The van der Waals surface area contributed by atoms with Crippen LogP contribution in [0.15, 0.2) is 18.2 Å². The summed E-state index contributed by atoms with van der Waals surface area (Å²) in [5.74, 6) is -0.703. The predicted molar refractivity (Wildman–Crippen MR) is 69.4 cm³/mol. The molecular weight excluding hydrogens is 232 g/mol. The van der Waals surface area contributed by atoms with Crippen LogP contribution < -0.4 is 5.32 Å². The summed E-state index contributed by atoms with van der Waals surface area (Å²) in [5.41, 5.74) is 0.430. The van der Waals surface area contributed by atoms with Crippen LogP contribution in [0.25, 0.3) is 0 Å². The lowest BCUT2D eigenvalue weighted by Crippen LogP contribution is -2.31. The number of benzene rings is 1. The van der Waals surface area contributed by atoms with Crippen molar-refractivity contribution in [1.82, 2.24) is 5.32 Å². The first-order chi connectivity index (χ1) is 8.66. The highest BCUT2D eigenvalue weighted by atomic mass is 19.1. The first-order valence-electron chi connectivity index (χ1n) is 6.88. The largest absolute Gasteiger partial charge is 0.307 e. The Labute approximate surface area is 108 Å². The summed E-state index contributed by atoms with van der Waals surface area (Å²) in [6.45, 7) is 1.91. The second-order valence-electron chi connectivity index (χ2n) is 5.24. The third-order valence-electron chi connectivity index (χ3n) is 3.77. The third kappa shape index (κ3) is 3.52. The molecule has 18 heavy (non-hydrogen) atoms. The Kier molecular flexibility index (Phi) is 4.70. The van der Waals surface area contributed by atoms with Gasteiger partial charge in [0.25, 0.3) is 0 Å². The molecule has 1 atom stereocenters. The maximum atomic E-state index is 13.6. The number of halogens is 2.